The van der Waals surface area contributed by atoms with Gasteiger partial charge < -0.3 is 0 Å². The lowest BCUT2D eigenvalue weighted by molar-refractivity contribution is 0.102. The number of hydrogen-bond acceptors (Lipinski definition) is 7. The van der Waals surface area contributed by atoms with Gasteiger partial charge in [-0.2, -0.15) is 0 Å². The molecule has 0 unspecified atom stereocenters. The molecule has 1 N–H and O–H groups in total. The normalized spacial score (nSPS) is 11.5. The third-order valence-electron chi connectivity index (χ3n) is 4.32. The molecule has 1 aromatic heterocycles. The Morgan fingerprint density at radius 3 is 2.55 bits per heavy atom. The Morgan fingerprint density at radius 1 is 1.16 bits per heavy atom. The molecule has 0 radical (unpaired) electrons. The molecule has 0 aliphatic heterocycles. The number of sulfonamides is 1. The van der Waals surface area contributed by atoms with Crippen LogP contribution in [0.5, 0.6) is 0 Å². The van der Waals surface area contributed by atoms with Gasteiger partial charge in [0.2, 0.25) is 5.13 Å². The molecule has 7 nitrogen and oxygen atoms in total. The zero-order valence-electron chi connectivity index (χ0n) is 17.7. The summed E-state index contributed by atoms with van der Waals surface area (Å²) >= 11 is 2.91. The van der Waals surface area contributed by atoms with E-state index in [1.165, 1.54) is 28.8 Å². The zero-order chi connectivity index (χ0) is 22.6. The van der Waals surface area contributed by atoms with Crippen LogP contribution in [0, 0.1) is 12.8 Å². The van der Waals surface area contributed by atoms with Crippen molar-refractivity contribution in [2.24, 2.45) is 5.92 Å². The summed E-state index contributed by atoms with van der Waals surface area (Å²) in [5.74, 6) is 1.08. The molecule has 31 heavy (non-hydrogen) atoms. The Morgan fingerprint density at radius 2 is 1.87 bits per heavy atom. The summed E-state index contributed by atoms with van der Waals surface area (Å²) in [7, 11) is -2.27. The molecule has 1 heterocycles. The molecule has 10 heteroatoms. The quantitative estimate of drug-likeness (QED) is 0.375. The third kappa shape index (κ3) is 5.84. The lowest BCUT2D eigenvalue weighted by Crippen LogP contribution is -2.26. The Hall–Kier alpha value is -2.43. The molecule has 1 amide bonds. The number of rotatable bonds is 8. The standard InChI is InChI=1S/C21H24N4O3S3/c1-14(2)13-29-21-24-23-20(30-21)22-19(26)16-6-5-7-17(12-16)25(4)31(27,28)18-10-8-15(3)9-11-18/h5-12,14H,13H2,1-4H3,(H,22,23,26). The van der Waals surface area contributed by atoms with Crippen molar-refractivity contribution in [2.75, 3.05) is 22.4 Å². The van der Waals surface area contributed by atoms with E-state index in [4.69, 9.17) is 0 Å². The summed E-state index contributed by atoms with van der Waals surface area (Å²) < 4.78 is 27.8. The molecule has 0 saturated heterocycles. The first-order valence-electron chi connectivity index (χ1n) is 9.60. The SMILES string of the molecule is Cc1ccc(S(=O)(=O)N(C)c2cccc(C(=O)Nc3nnc(SCC(C)C)s3)c2)cc1. The molecule has 0 aliphatic rings. The molecule has 164 valence electrons. The minimum atomic E-state index is -3.74. The lowest BCUT2D eigenvalue weighted by Gasteiger charge is -2.20. The Labute approximate surface area is 191 Å². The highest BCUT2D eigenvalue weighted by Gasteiger charge is 2.22. The van der Waals surface area contributed by atoms with E-state index in [1.807, 2.05) is 6.92 Å². The van der Waals surface area contributed by atoms with E-state index in [-0.39, 0.29) is 10.8 Å². The molecule has 3 aromatic rings. The van der Waals surface area contributed by atoms with E-state index < -0.39 is 10.0 Å². The molecule has 0 fully saturated rings. The van der Waals surface area contributed by atoms with Crippen LogP contribution in [0.3, 0.4) is 0 Å². The lowest BCUT2D eigenvalue weighted by atomic mass is 10.2. The van der Waals surface area contributed by atoms with Crippen LogP contribution >= 0.6 is 23.1 Å². The predicted molar refractivity (Wildman–Crippen MR) is 127 cm³/mol. The number of thioether (sulfide) groups is 1. The monoisotopic (exact) mass is 476 g/mol. The van der Waals surface area contributed by atoms with Gasteiger partial charge in [0, 0.05) is 18.4 Å². The van der Waals surface area contributed by atoms with Gasteiger partial charge in [-0.1, -0.05) is 60.7 Å². The largest absolute Gasteiger partial charge is 0.296 e. The van der Waals surface area contributed by atoms with E-state index in [1.54, 1.807) is 54.2 Å². The van der Waals surface area contributed by atoms with Crippen LogP contribution in [0.1, 0.15) is 29.8 Å². The number of carbonyl (C=O) groups is 1. The van der Waals surface area contributed by atoms with Gasteiger partial charge in [0.05, 0.1) is 10.6 Å². The van der Waals surface area contributed by atoms with Crippen LogP contribution in [0.2, 0.25) is 0 Å². The predicted octanol–water partition coefficient (Wildman–Crippen LogP) is 4.67. The van der Waals surface area contributed by atoms with Crippen LogP contribution in [-0.4, -0.2) is 37.3 Å². The summed E-state index contributed by atoms with van der Waals surface area (Å²) in [5, 5.41) is 11.2. The van der Waals surface area contributed by atoms with Crippen molar-refractivity contribution in [3.05, 3.63) is 59.7 Å². The van der Waals surface area contributed by atoms with E-state index in [9.17, 15) is 13.2 Å². The van der Waals surface area contributed by atoms with Crippen LogP contribution in [0.25, 0.3) is 0 Å². The second kappa shape index (κ2) is 9.80. The van der Waals surface area contributed by atoms with E-state index in [0.29, 0.717) is 22.3 Å². The maximum Gasteiger partial charge on any atom is 0.264 e. The number of aromatic nitrogens is 2. The van der Waals surface area contributed by atoms with Gasteiger partial charge in [-0.3, -0.25) is 14.4 Å². The maximum atomic E-state index is 12.9. The number of hydrogen-bond donors (Lipinski definition) is 1. The van der Waals surface area contributed by atoms with Gasteiger partial charge in [0.15, 0.2) is 4.34 Å². The third-order valence-corrected chi connectivity index (χ3v) is 8.52. The van der Waals surface area contributed by atoms with Crippen LogP contribution in [-0.2, 0) is 10.0 Å². The van der Waals surface area contributed by atoms with E-state index in [0.717, 1.165) is 15.7 Å². The number of aryl methyl sites for hydroxylation is 1. The molecule has 0 aliphatic carbocycles. The van der Waals surface area contributed by atoms with Gasteiger partial charge in [0.1, 0.15) is 0 Å². The van der Waals surface area contributed by atoms with Crippen molar-refractivity contribution in [3.8, 4) is 0 Å². The fourth-order valence-corrected chi connectivity index (χ4v) is 5.49. The van der Waals surface area contributed by atoms with Crippen molar-refractivity contribution < 1.29 is 13.2 Å². The molecular weight excluding hydrogens is 452 g/mol. The fourth-order valence-electron chi connectivity index (χ4n) is 2.58. The second-order valence-corrected chi connectivity index (χ2v) is 11.6. The van der Waals surface area contributed by atoms with Crippen LogP contribution in [0.15, 0.2) is 57.8 Å². The van der Waals surface area contributed by atoms with Gasteiger partial charge in [-0.15, -0.1) is 10.2 Å². The molecule has 0 bridgehead atoms. The molecule has 0 spiro atoms. The number of benzene rings is 2. The number of nitrogens with one attached hydrogen (secondary N) is 1. The highest BCUT2D eigenvalue weighted by Crippen LogP contribution is 2.28. The first-order chi connectivity index (χ1) is 14.7. The Bertz CT molecular complexity index is 1160. The van der Waals surface area contributed by atoms with Gasteiger partial charge in [-0.25, -0.2) is 8.42 Å². The minimum absolute atomic E-state index is 0.191. The van der Waals surface area contributed by atoms with Gasteiger partial charge in [0.25, 0.3) is 15.9 Å². The molecule has 2 aromatic carbocycles. The fraction of sp³-hybridized carbons (Fsp3) is 0.286. The summed E-state index contributed by atoms with van der Waals surface area (Å²) in [6, 6.07) is 13.1. The zero-order valence-corrected chi connectivity index (χ0v) is 20.1. The van der Waals surface area contributed by atoms with E-state index >= 15 is 0 Å². The van der Waals surface area contributed by atoms with Crippen molar-refractivity contribution in [3.63, 3.8) is 0 Å². The van der Waals surface area contributed by atoms with Crippen molar-refractivity contribution in [2.45, 2.75) is 30.0 Å². The molecular formula is C21H24N4O3S3. The summed E-state index contributed by atoms with van der Waals surface area (Å²) in [6.45, 7) is 6.14. The summed E-state index contributed by atoms with van der Waals surface area (Å²) in [4.78, 5) is 12.9. The topological polar surface area (TPSA) is 92.3 Å². The first kappa shape index (κ1) is 23.2. The maximum absolute atomic E-state index is 12.9. The molecule has 0 saturated carbocycles. The highest BCUT2D eigenvalue weighted by molar-refractivity contribution is 8.01. The average molecular weight is 477 g/mol. The summed E-state index contributed by atoms with van der Waals surface area (Å²) in [6.07, 6.45) is 0. The molecule has 0 atom stereocenters. The second-order valence-electron chi connectivity index (χ2n) is 7.37. The van der Waals surface area contributed by atoms with Crippen LogP contribution in [0.4, 0.5) is 10.8 Å². The van der Waals surface area contributed by atoms with Gasteiger partial charge in [-0.05, 0) is 43.2 Å². The number of anilines is 2. The van der Waals surface area contributed by atoms with Crippen LogP contribution < -0.4 is 9.62 Å². The summed E-state index contributed by atoms with van der Waals surface area (Å²) in [5.41, 5.74) is 1.69. The highest BCUT2D eigenvalue weighted by atomic mass is 32.2. The molecule has 3 rings (SSSR count). The van der Waals surface area contributed by atoms with Gasteiger partial charge >= 0.3 is 0 Å². The van der Waals surface area contributed by atoms with E-state index in [2.05, 4.69) is 29.4 Å². The smallest absolute Gasteiger partial charge is 0.264 e. The van der Waals surface area contributed by atoms with Crippen molar-refractivity contribution >= 4 is 49.8 Å². The average Bonchev–Trinajstić information content (AvgIpc) is 3.19. The van der Waals surface area contributed by atoms with Crippen molar-refractivity contribution in [1.29, 1.82) is 0 Å². The Balaban J connectivity index is 1.75. The number of nitrogens with zero attached hydrogens (tertiary/aromatic N) is 3. The minimum Gasteiger partial charge on any atom is -0.296 e. The van der Waals surface area contributed by atoms with Crippen molar-refractivity contribution in [1.82, 2.24) is 10.2 Å². The number of carbonyl (C=O) groups excluding carboxylic acids is 1. The number of amides is 1. The Kier molecular flexibility index (Phi) is 7.34. The first-order valence-corrected chi connectivity index (χ1v) is 12.8.